The summed E-state index contributed by atoms with van der Waals surface area (Å²) in [6.07, 6.45) is 5.27. The molecule has 1 aromatic rings. The molecule has 1 saturated carbocycles. The highest BCUT2D eigenvalue weighted by Gasteiger charge is 2.22. The fourth-order valence-corrected chi connectivity index (χ4v) is 3.21. The van der Waals surface area contributed by atoms with Crippen LogP contribution in [0.15, 0.2) is 18.2 Å². The molecule has 0 saturated heterocycles. The maximum Gasteiger partial charge on any atom is 0.159 e. The standard InChI is InChI=1S/C18H27NO2/c1-4-19(17-8-6-7-9-17)13-16-12-15(14(3)20)10-11-18(16)21-5-2/h10-12,17H,4-9,13H2,1-3H3. The lowest BCUT2D eigenvalue weighted by atomic mass is 10.1. The van der Waals surface area contributed by atoms with E-state index in [0.29, 0.717) is 12.6 Å². The van der Waals surface area contributed by atoms with E-state index in [9.17, 15) is 4.79 Å². The van der Waals surface area contributed by atoms with Crippen molar-refractivity contribution < 1.29 is 9.53 Å². The number of hydrogen-bond acceptors (Lipinski definition) is 3. The molecule has 1 aromatic carbocycles. The van der Waals surface area contributed by atoms with Crippen molar-refractivity contribution in [2.45, 2.75) is 59.0 Å². The van der Waals surface area contributed by atoms with Crippen LogP contribution in [-0.4, -0.2) is 29.9 Å². The molecule has 0 spiro atoms. The number of carbonyl (C=O) groups is 1. The monoisotopic (exact) mass is 289 g/mol. The zero-order valence-corrected chi connectivity index (χ0v) is 13.5. The van der Waals surface area contributed by atoms with Crippen molar-refractivity contribution in [1.82, 2.24) is 4.90 Å². The van der Waals surface area contributed by atoms with Crippen molar-refractivity contribution in [3.05, 3.63) is 29.3 Å². The van der Waals surface area contributed by atoms with Crippen molar-refractivity contribution in [2.75, 3.05) is 13.2 Å². The van der Waals surface area contributed by atoms with E-state index < -0.39 is 0 Å². The molecule has 3 nitrogen and oxygen atoms in total. The molecule has 0 bridgehead atoms. The molecule has 0 N–H and O–H groups in total. The Morgan fingerprint density at radius 2 is 2.00 bits per heavy atom. The first-order valence-electron chi connectivity index (χ1n) is 8.16. The molecule has 116 valence electrons. The number of ketones is 1. The lowest BCUT2D eigenvalue weighted by molar-refractivity contribution is 0.101. The molecule has 0 unspecified atom stereocenters. The highest BCUT2D eigenvalue weighted by molar-refractivity contribution is 5.94. The first-order valence-corrected chi connectivity index (χ1v) is 8.16. The van der Waals surface area contributed by atoms with Crippen LogP contribution in [0.25, 0.3) is 0 Å². The third-order valence-corrected chi connectivity index (χ3v) is 4.39. The van der Waals surface area contributed by atoms with Crippen molar-refractivity contribution in [2.24, 2.45) is 0 Å². The molecule has 0 radical (unpaired) electrons. The summed E-state index contributed by atoms with van der Waals surface area (Å²) in [7, 11) is 0. The summed E-state index contributed by atoms with van der Waals surface area (Å²) < 4.78 is 5.74. The van der Waals surface area contributed by atoms with Gasteiger partial charge >= 0.3 is 0 Å². The number of benzene rings is 1. The van der Waals surface area contributed by atoms with E-state index in [4.69, 9.17) is 4.74 Å². The topological polar surface area (TPSA) is 29.5 Å². The Morgan fingerprint density at radius 1 is 1.29 bits per heavy atom. The Morgan fingerprint density at radius 3 is 2.57 bits per heavy atom. The van der Waals surface area contributed by atoms with Gasteiger partial charge in [0.1, 0.15) is 5.75 Å². The number of carbonyl (C=O) groups excluding carboxylic acids is 1. The third-order valence-electron chi connectivity index (χ3n) is 4.39. The summed E-state index contributed by atoms with van der Waals surface area (Å²) in [5.41, 5.74) is 1.91. The lowest BCUT2D eigenvalue weighted by Gasteiger charge is -2.28. The van der Waals surface area contributed by atoms with Crippen LogP contribution in [0.4, 0.5) is 0 Å². The normalized spacial score (nSPS) is 15.6. The van der Waals surface area contributed by atoms with Gasteiger partial charge in [-0.05, 0) is 51.4 Å². The Hall–Kier alpha value is -1.35. The Labute approximate surface area is 128 Å². The van der Waals surface area contributed by atoms with Crippen LogP contribution in [0.2, 0.25) is 0 Å². The molecular weight excluding hydrogens is 262 g/mol. The van der Waals surface area contributed by atoms with Crippen molar-refractivity contribution in [3.63, 3.8) is 0 Å². The summed E-state index contributed by atoms with van der Waals surface area (Å²) >= 11 is 0. The zero-order valence-electron chi connectivity index (χ0n) is 13.5. The zero-order chi connectivity index (χ0) is 15.2. The quantitative estimate of drug-likeness (QED) is 0.709. The number of ether oxygens (including phenoxy) is 1. The Balaban J connectivity index is 2.21. The molecule has 0 heterocycles. The molecule has 2 rings (SSSR count). The van der Waals surface area contributed by atoms with Crippen LogP contribution in [0.1, 0.15) is 62.4 Å². The van der Waals surface area contributed by atoms with Gasteiger partial charge in [-0.2, -0.15) is 0 Å². The summed E-state index contributed by atoms with van der Waals surface area (Å²) in [5, 5.41) is 0. The van der Waals surface area contributed by atoms with Gasteiger partial charge in [0, 0.05) is 23.7 Å². The molecule has 0 amide bonds. The minimum absolute atomic E-state index is 0.114. The van der Waals surface area contributed by atoms with Crippen molar-refractivity contribution >= 4 is 5.78 Å². The van der Waals surface area contributed by atoms with E-state index >= 15 is 0 Å². The lowest BCUT2D eigenvalue weighted by Crippen LogP contribution is -2.32. The van der Waals surface area contributed by atoms with Gasteiger partial charge in [-0.1, -0.05) is 19.8 Å². The highest BCUT2D eigenvalue weighted by atomic mass is 16.5. The second-order valence-electron chi connectivity index (χ2n) is 5.81. The van der Waals surface area contributed by atoms with E-state index in [0.717, 1.165) is 30.0 Å². The molecule has 21 heavy (non-hydrogen) atoms. The molecule has 0 atom stereocenters. The highest BCUT2D eigenvalue weighted by Crippen LogP contribution is 2.28. The molecule has 1 aliphatic carbocycles. The number of nitrogens with zero attached hydrogens (tertiary/aromatic N) is 1. The number of Topliss-reactive ketones (excluding diaryl/α,β-unsaturated/α-hetero) is 1. The second-order valence-corrected chi connectivity index (χ2v) is 5.81. The van der Waals surface area contributed by atoms with Crippen molar-refractivity contribution in [3.8, 4) is 5.75 Å². The van der Waals surface area contributed by atoms with E-state index in [1.54, 1.807) is 6.92 Å². The molecule has 3 heteroatoms. The van der Waals surface area contributed by atoms with E-state index in [1.807, 2.05) is 25.1 Å². The minimum atomic E-state index is 0.114. The van der Waals surface area contributed by atoms with Gasteiger partial charge in [0.25, 0.3) is 0 Å². The second kappa shape index (κ2) is 7.60. The van der Waals surface area contributed by atoms with Gasteiger partial charge in [0.05, 0.1) is 6.61 Å². The maximum absolute atomic E-state index is 11.6. The summed E-state index contributed by atoms with van der Waals surface area (Å²) in [5.74, 6) is 1.03. The minimum Gasteiger partial charge on any atom is -0.494 e. The van der Waals surface area contributed by atoms with Crippen LogP contribution in [0, 0.1) is 0 Å². The van der Waals surface area contributed by atoms with E-state index in [2.05, 4.69) is 11.8 Å². The smallest absolute Gasteiger partial charge is 0.159 e. The molecule has 0 aliphatic heterocycles. The fraction of sp³-hybridized carbons (Fsp3) is 0.611. The van der Waals surface area contributed by atoms with Crippen LogP contribution < -0.4 is 4.74 Å². The van der Waals surface area contributed by atoms with Crippen LogP contribution in [0.3, 0.4) is 0 Å². The van der Waals surface area contributed by atoms with E-state index in [1.165, 1.54) is 25.7 Å². The summed E-state index contributed by atoms with van der Waals surface area (Å²) in [4.78, 5) is 14.1. The first kappa shape index (κ1) is 16.0. The van der Waals surface area contributed by atoms with Crippen LogP contribution in [0.5, 0.6) is 5.75 Å². The predicted octanol–water partition coefficient (Wildman–Crippen LogP) is 4.05. The van der Waals surface area contributed by atoms with Gasteiger partial charge in [0.2, 0.25) is 0 Å². The SMILES string of the molecule is CCOc1ccc(C(C)=O)cc1CN(CC)C1CCCC1. The maximum atomic E-state index is 11.6. The molecule has 0 aromatic heterocycles. The van der Waals surface area contributed by atoms with Gasteiger partial charge in [0.15, 0.2) is 5.78 Å². The Bertz CT molecular complexity index is 478. The molecule has 1 aliphatic rings. The Kier molecular flexibility index (Phi) is 5.80. The summed E-state index contributed by atoms with van der Waals surface area (Å²) in [6, 6.07) is 6.50. The first-order chi connectivity index (χ1) is 10.2. The fourth-order valence-electron chi connectivity index (χ4n) is 3.21. The largest absolute Gasteiger partial charge is 0.494 e. The van der Waals surface area contributed by atoms with Crippen molar-refractivity contribution in [1.29, 1.82) is 0 Å². The van der Waals surface area contributed by atoms with E-state index in [-0.39, 0.29) is 5.78 Å². The number of rotatable bonds is 7. The average Bonchev–Trinajstić information content (AvgIpc) is 3.00. The van der Waals surface area contributed by atoms with Gasteiger partial charge in [-0.25, -0.2) is 0 Å². The van der Waals surface area contributed by atoms with Crippen LogP contribution >= 0.6 is 0 Å². The molecule has 1 fully saturated rings. The van der Waals surface area contributed by atoms with Gasteiger partial charge < -0.3 is 4.74 Å². The number of hydrogen-bond donors (Lipinski definition) is 0. The molecular formula is C18H27NO2. The predicted molar refractivity (Wildman–Crippen MR) is 86.0 cm³/mol. The van der Waals surface area contributed by atoms with Gasteiger partial charge in [-0.15, -0.1) is 0 Å². The van der Waals surface area contributed by atoms with Crippen LogP contribution in [-0.2, 0) is 6.54 Å². The third kappa shape index (κ3) is 4.07. The summed E-state index contributed by atoms with van der Waals surface area (Å²) in [6.45, 7) is 8.40. The van der Waals surface area contributed by atoms with Gasteiger partial charge in [-0.3, -0.25) is 9.69 Å². The average molecular weight is 289 g/mol.